The molecule has 0 fully saturated rings. The lowest BCUT2D eigenvalue weighted by atomic mass is 10.0. The minimum Gasteiger partial charge on any atom is -0.325 e. The minimum absolute atomic E-state index is 0.214. The Labute approximate surface area is 200 Å². The standard InChI is InChI=1S/C25H24ClN3O3S/c1-14(2)17-5-9-19(10-6-17)27-21(30)13-28-24-22(15(3)16(4)33-24)23(31)29(25(28)32)20-11-7-18(26)8-12-20/h5-12,14H,13H2,1-4H3,(H,27,30). The number of anilines is 1. The highest BCUT2D eigenvalue weighted by Crippen LogP contribution is 2.27. The number of thiophene rings is 1. The SMILES string of the molecule is Cc1sc2c(c1C)c(=O)n(-c1ccc(Cl)cc1)c(=O)n2CC(=O)Nc1ccc(C(C)C)cc1. The van der Waals surface area contributed by atoms with Crippen molar-refractivity contribution in [2.75, 3.05) is 5.32 Å². The molecule has 0 bridgehead atoms. The van der Waals surface area contributed by atoms with E-state index in [0.29, 0.717) is 32.5 Å². The van der Waals surface area contributed by atoms with E-state index in [4.69, 9.17) is 11.6 Å². The number of aryl methyl sites for hydroxylation is 2. The van der Waals surface area contributed by atoms with Gasteiger partial charge in [0, 0.05) is 15.6 Å². The summed E-state index contributed by atoms with van der Waals surface area (Å²) < 4.78 is 2.47. The van der Waals surface area contributed by atoms with Crippen LogP contribution in [0.25, 0.3) is 15.9 Å². The fourth-order valence-corrected chi connectivity index (χ4v) is 4.98. The molecule has 0 radical (unpaired) electrons. The number of hydrogen-bond donors (Lipinski definition) is 1. The van der Waals surface area contributed by atoms with E-state index < -0.39 is 11.2 Å². The van der Waals surface area contributed by atoms with Crippen LogP contribution in [0.1, 0.15) is 35.8 Å². The van der Waals surface area contributed by atoms with E-state index in [9.17, 15) is 14.4 Å². The molecule has 1 amide bonds. The number of fused-ring (bicyclic) bond motifs is 1. The Morgan fingerprint density at radius 3 is 2.27 bits per heavy atom. The summed E-state index contributed by atoms with van der Waals surface area (Å²) >= 11 is 7.33. The maximum Gasteiger partial charge on any atom is 0.337 e. The van der Waals surface area contributed by atoms with Gasteiger partial charge in [-0.15, -0.1) is 11.3 Å². The summed E-state index contributed by atoms with van der Waals surface area (Å²) in [6, 6.07) is 14.1. The molecule has 2 heterocycles. The van der Waals surface area contributed by atoms with Crippen LogP contribution in [0, 0.1) is 13.8 Å². The maximum atomic E-state index is 13.4. The lowest BCUT2D eigenvalue weighted by Gasteiger charge is -2.13. The largest absolute Gasteiger partial charge is 0.337 e. The van der Waals surface area contributed by atoms with E-state index >= 15 is 0 Å². The van der Waals surface area contributed by atoms with E-state index in [0.717, 1.165) is 15.0 Å². The lowest BCUT2D eigenvalue weighted by molar-refractivity contribution is -0.116. The van der Waals surface area contributed by atoms with E-state index in [-0.39, 0.29) is 12.5 Å². The number of amides is 1. The molecule has 0 spiro atoms. The molecule has 0 aliphatic heterocycles. The lowest BCUT2D eigenvalue weighted by Crippen LogP contribution is -2.40. The Hall–Kier alpha value is -3.16. The van der Waals surface area contributed by atoms with Gasteiger partial charge in [0.2, 0.25) is 5.91 Å². The molecule has 0 unspecified atom stereocenters. The number of nitrogens with zero attached hydrogens (tertiary/aromatic N) is 2. The smallest absolute Gasteiger partial charge is 0.325 e. The Bertz CT molecular complexity index is 1460. The van der Waals surface area contributed by atoms with Crippen LogP contribution in [-0.2, 0) is 11.3 Å². The number of carbonyl (C=O) groups is 1. The zero-order valence-electron chi connectivity index (χ0n) is 18.8. The van der Waals surface area contributed by atoms with Gasteiger partial charge in [-0.3, -0.25) is 14.2 Å². The molecule has 4 rings (SSSR count). The Kier molecular flexibility index (Phi) is 6.28. The second-order valence-electron chi connectivity index (χ2n) is 8.27. The van der Waals surface area contributed by atoms with Crippen molar-refractivity contribution >= 4 is 44.7 Å². The average Bonchev–Trinajstić information content (AvgIpc) is 3.07. The topological polar surface area (TPSA) is 73.1 Å². The molecule has 0 atom stereocenters. The number of aromatic nitrogens is 2. The van der Waals surface area contributed by atoms with E-state index in [1.54, 1.807) is 24.3 Å². The molecule has 0 saturated heterocycles. The van der Waals surface area contributed by atoms with Crippen molar-refractivity contribution in [2.45, 2.75) is 40.2 Å². The summed E-state index contributed by atoms with van der Waals surface area (Å²) in [4.78, 5) is 41.1. The van der Waals surface area contributed by atoms with Crippen LogP contribution >= 0.6 is 22.9 Å². The second kappa shape index (κ2) is 9.00. The van der Waals surface area contributed by atoms with Crippen LogP contribution in [0.15, 0.2) is 58.1 Å². The average molecular weight is 482 g/mol. The van der Waals surface area contributed by atoms with Gasteiger partial charge in [-0.2, -0.15) is 0 Å². The first-order chi connectivity index (χ1) is 15.7. The van der Waals surface area contributed by atoms with Crippen LogP contribution < -0.4 is 16.6 Å². The summed E-state index contributed by atoms with van der Waals surface area (Å²) in [7, 11) is 0. The van der Waals surface area contributed by atoms with Gasteiger partial charge in [-0.1, -0.05) is 37.6 Å². The molecule has 0 aliphatic carbocycles. The van der Waals surface area contributed by atoms with Gasteiger partial charge < -0.3 is 5.32 Å². The quantitative estimate of drug-likeness (QED) is 0.423. The predicted octanol–water partition coefficient (Wildman–Crippen LogP) is 5.25. The zero-order valence-corrected chi connectivity index (χ0v) is 20.4. The van der Waals surface area contributed by atoms with Crippen molar-refractivity contribution in [3.63, 3.8) is 0 Å². The number of halogens is 1. The summed E-state index contributed by atoms with van der Waals surface area (Å²) in [6.07, 6.45) is 0. The summed E-state index contributed by atoms with van der Waals surface area (Å²) in [5.41, 5.74) is 2.06. The van der Waals surface area contributed by atoms with Crippen molar-refractivity contribution in [2.24, 2.45) is 0 Å². The highest BCUT2D eigenvalue weighted by molar-refractivity contribution is 7.18. The number of rotatable bonds is 5. The molecular formula is C25H24ClN3O3S. The summed E-state index contributed by atoms with van der Waals surface area (Å²) in [6.45, 7) is 7.75. The van der Waals surface area contributed by atoms with Gasteiger partial charge in [-0.05, 0) is 67.3 Å². The molecule has 6 nitrogen and oxygen atoms in total. The second-order valence-corrected chi connectivity index (χ2v) is 9.91. The van der Waals surface area contributed by atoms with E-state index in [2.05, 4.69) is 19.2 Å². The van der Waals surface area contributed by atoms with Crippen molar-refractivity contribution in [1.29, 1.82) is 0 Å². The van der Waals surface area contributed by atoms with Gasteiger partial charge in [0.1, 0.15) is 11.4 Å². The first-order valence-electron chi connectivity index (χ1n) is 10.6. The van der Waals surface area contributed by atoms with Gasteiger partial charge in [0.25, 0.3) is 5.56 Å². The summed E-state index contributed by atoms with van der Waals surface area (Å²) in [5.74, 6) is 0.0431. The van der Waals surface area contributed by atoms with Crippen molar-refractivity contribution in [3.05, 3.63) is 90.4 Å². The molecule has 2 aromatic heterocycles. The normalized spacial score (nSPS) is 11.3. The Balaban J connectivity index is 1.79. The highest BCUT2D eigenvalue weighted by atomic mass is 35.5. The van der Waals surface area contributed by atoms with Crippen LogP contribution in [0.2, 0.25) is 5.02 Å². The third kappa shape index (κ3) is 4.38. The molecule has 170 valence electrons. The van der Waals surface area contributed by atoms with E-state index in [1.807, 2.05) is 38.1 Å². The van der Waals surface area contributed by atoms with Crippen molar-refractivity contribution in [3.8, 4) is 5.69 Å². The Morgan fingerprint density at radius 1 is 1.03 bits per heavy atom. The van der Waals surface area contributed by atoms with E-state index in [1.165, 1.54) is 21.5 Å². The fraction of sp³-hybridized carbons (Fsp3) is 0.240. The van der Waals surface area contributed by atoms with Crippen LogP contribution in [-0.4, -0.2) is 15.0 Å². The number of carbonyl (C=O) groups excluding carboxylic acids is 1. The molecule has 33 heavy (non-hydrogen) atoms. The zero-order chi connectivity index (χ0) is 23.9. The van der Waals surface area contributed by atoms with Crippen molar-refractivity contribution in [1.82, 2.24) is 9.13 Å². The third-order valence-electron chi connectivity index (χ3n) is 5.70. The molecule has 8 heteroatoms. The van der Waals surface area contributed by atoms with Crippen LogP contribution in [0.5, 0.6) is 0 Å². The molecule has 0 saturated carbocycles. The first kappa shape index (κ1) is 23.0. The van der Waals surface area contributed by atoms with Gasteiger partial charge in [0.15, 0.2) is 0 Å². The monoisotopic (exact) mass is 481 g/mol. The molecule has 0 aliphatic rings. The molecule has 1 N–H and O–H groups in total. The number of benzene rings is 2. The Morgan fingerprint density at radius 2 is 1.67 bits per heavy atom. The molecular weight excluding hydrogens is 458 g/mol. The van der Waals surface area contributed by atoms with Crippen LogP contribution in [0.4, 0.5) is 5.69 Å². The van der Waals surface area contributed by atoms with Gasteiger partial charge in [0.05, 0.1) is 11.1 Å². The van der Waals surface area contributed by atoms with Crippen molar-refractivity contribution < 1.29 is 4.79 Å². The van der Waals surface area contributed by atoms with Gasteiger partial charge >= 0.3 is 5.69 Å². The molecule has 4 aromatic rings. The minimum atomic E-state index is -0.568. The fourth-order valence-electron chi connectivity index (χ4n) is 3.71. The van der Waals surface area contributed by atoms with Gasteiger partial charge in [-0.25, -0.2) is 9.36 Å². The van der Waals surface area contributed by atoms with Crippen LogP contribution in [0.3, 0.4) is 0 Å². The number of nitrogens with one attached hydrogen (secondary N) is 1. The predicted molar refractivity (Wildman–Crippen MR) is 135 cm³/mol. The first-order valence-corrected chi connectivity index (χ1v) is 11.8. The number of hydrogen-bond acceptors (Lipinski definition) is 4. The molecule has 2 aromatic carbocycles. The highest BCUT2D eigenvalue weighted by Gasteiger charge is 2.21. The maximum absolute atomic E-state index is 13.4. The summed E-state index contributed by atoms with van der Waals surface area (Å²) in [5, 5.41) is 3.80. The third-order valence-corrected chi connectivity index (χ3v) is 7.18.